The van der Waals surface area contributed by atoms with Crippen molar-refractivity contribution in [2.75, 3.05) is 6.54 Å². The summed E-state index contributed by atoms with van der Waals surface area (Å²) < 4.78 is 33.5. The monoisotopic (exact) mass is 429 g/mol. The number of fused-ring (bicyclic) bond motifs is 2. The number of piperidine rings is 1. The van der Waals surface area contributed by atoms with E-state index in [0.29, 0.717) is 0 Å². The van der Waals surface area contributed by atoms with Crippen molar-refractivity contribution in [2.45, 2.75) is 62.1 Å². The number of carbonyl (C=O) groups excluding carboxylic acids is 1. The zero-order valence-corrected chi connectivity index (χ0v) is 17.8. The van der Waals surface area contributed by atoms with Crippen molar-refractivity contribution in [2.24, 2.45) is 0 Å². The summed E-state index contributed by atoms with van der Waals surface area (Å²) in [6, 6.07) is 10.8. The number of sulfonamides is 1. The summed E-state index contributed by atoms with van der Waals surface area (Å²) in [7, 11) is -3.61. The van der Waals surface area contributed by atoms with Crippen molar-refractivity contribution >= 4 is 15.9 Å². The molecule has 4 rings (SSSR count). The lowest BCUT2D eigenvalue weighted by Gasteiger charge is -2.39. The molecule has 2 bridgehead atoms. The van der Waals surface area contributed by atoms with Gasteiger partial charge in [0.05, 0.1) is 11.1 Å². The Bertz CT molecular complexity index is 982. The molecule has 3 heterocycles. The lowest BCUT2D eigenvalue weighted by Crippen LogP contribution is -2.49. The molecule has 0 aliphatic carbocycles. The second-order valence-electron chi connectivity index (χ2n) is 8.05. The molecule has 0 saturated carbocycles. The number of pyridine rings is 1. The molecule has 2 aliphatic rings. The zero-order chi connectivity index (χ0) is 21.1. The van der Waals surface area contributed by atoms with E-state index in [4.69, 9.17) is 4.74 Å². The molecular formula is C22H27N3O4S. The van der Waals surface area contributed by atoms with Crippen LogP contribution in [0.4, 0.5) is 0 Å². The predicted octanol–water partition coefficient (Wildman–Crippen LogP) is 2.66. The first kappa shape index (κ1) is 20.8. The lowest BCUT2D eigenvalue weighted by molar-refractivity contribution is -0.136. The van der Waals surface area contributed by atoms with E-state index in [0.717, 1.165) is 37.0 Å². The Morgan fingerprint density at radius 2 is 1.97 bits per heavy atom. The van der Waals surface area contributed by atoms with Crippen molar-refractivity contribution in [3.8, 4) is 5.75 Å². The number of hydrogen-bond acceptors (Lipinski definition) is 5. The van der Waals surface area contributed by atoms with E-state index in [2.05, 4.69) is 9.71 Å². The highest BCUT2D eigenvalue weighted by Gasteiger charge is 2.43. The highest BCUT2D eigenvalue weighted by Crippen LogP contribution is 2.37. The fraction of sp³-hybridized carbons (Fsp3) is 0.455. The molecule has 2 saturated heterocycles. The first-order valence-corrected chi connectivity index (χ1v) is 11.8. The number of hydrogen-bond donors (Lipinski definition) is 1. The number of carbonyl (C=O) groups is 1. The normalized spacial score (nSPS) is 23.4. The van der Waals surface area contributed by atoms with E-state index >= 15 is 0 Å². The molecule has 2 unspecified atom stereocenters. The topological polar surface area (TPSA) is 88.6 Å². The highest BCUT2D eigenvalue weighted by molar-refractivity contribution is 7.89. The molecule has 2 aromatic rings. The number of ether oxygens (including phenoxy) is 1. The minimum absolute atomic E-state index is 0.00858. The summed E-state index contributed by atoms with van der Waals surface area (Å²) in [5.41, 5.74) is 0.877. The largest absolute Gasteiger partial charge is 0.489 e. The Morgan fingerprint density at radius 1 is 1.20 bits per heavy atom. The van der Waals surface area contributed by atoms with Crippen LogP contribution in [0.1, 0.15) is 37.7 Å². The Kier molecular flexibility index (Phi) is 6.06. The maximum Gasteiger partial charge on any atom is 0.240 e. The van der Waals surface area contributed by atoms with Crippen molar-refractivity contribution in [1.82, 2.24) is 14.6 Å². The third-order valence-electron chi connectivity index (χ3n) is 5.85. The Labute approximate surface area is 177 Å². The molecule has 1 aromatic carbocycles. The van der Waals surface area contributed by atoms with E-state index in [1.165, 1.54) is 0 Å². The number of amides is 1. The Balaban J connectivity index is 1.30. The quantitative estimate of drug-likeness (QED) is 0.731. The molecule has 0 radical (unpaired) electrons. The summed E-state index contributed by atoms with van der Waals surface area (Å²) in [6.45, 7) is 1.95. The average molecular weight is 430 g/mol. The number of nitrogens with one attached hydrogen (secondary N) is 1. The zero-order valence-electron chi connectivity index (χ0n) is 17.0. The van der Waals surface area contributed by atoms with Crippen LogP contribution in [0.5, 0.6) is 5.75 Å². The van der Waals surface area contributed by atoms with Crippen molar-refractivity contribution < 1.29 is 17.9 Å². The van der Waals surface area contributed by atoms with Crippen molar-refractivity contribution in [1.29, 1.82) is 0 Å². The van der Waals surface area contributed by atoms with E-state index in [1.807, 2.05) is 30.0 Å². The average Bonchev–Trinajstić information content (AvgIpc) is 2.99. The molecule has 0 spiro atoms. The Hall–Kier alpha value is -2.45. The second-order valence-corrected chi connectivity index (χ2v) is 9.82. The lowest BCUT2D eigenvalue weighted by atomic mass is 9.99. The first-order valence-electron chi connectivity index (χ1n) is 10.4. The van der Waals surface area contributed by atoms with E-state index in [1.54, 1.807) is 30.6 Å². The molecular weight excluding hydrogens is 402 g/mol. The van der Waals surface area contributed by atoms with Crippen LogP contribution in [0, 0.1) is 6.92 Å². The van der Waals surface area contributed by atoms with Crippen LogP contribution < -0.4 is 9.46 Å². The number of aryl methyl sites for hydroxylation is 1. The highest BCUT2D eigenvalue weighted by atomic mass is 32.2. The summed E-state index contributed by atoms with van der Waals surface area (Å²) in [4.78, 5) is 19.1. The predicted molar refractivity (Wildman–Crippen MR) is 113 cm³/mol. The first-order chi connectivity index (χ1) is 14.4. The van der Waals surface area contributed by atoms with Gasteiger partial charge in [-0.15, -0.1) is 0 Å². The summed E-state index contributed by atoms with van der Waals surface area (Å²) >= 11 is 0. The van der Waals surface area contributed by atoms with Crippen LogP contribution in [0.2, 0.25) is 0 Å². The molecule has 7 nitrogen and oxygen atoms in total. The molecule has 2 aliphatic heterocycles. The van der Waals surface area contributed by atoms with Gasteiger partial charge >= 0.3 is 0 Å². The summed E-state index contributed by atoms with van der Waals surface area (Å²) in [6.07, 6.45) is 7.20. The molecule has 160 valence electrons. The number of benzene rings is 1. The molecule has 30 heavy (non-hydrogen) atoms. The van der Waals surface area contributed by atoms with Crippen LogP contribution in [0.3, 0.4) is 0 Å². The van der Waals surface area contributed by atoms with Crippen LogP contribution in [0.15, 0.2) is 53.7 Å². The maximum atomic E-state index is 12.8. The fourth-order valence-electron chi connectivity index (χ4n) is 4.53. The number of rotatable bonds is 7. The van der Waals surface area contributed by atoms with Gasteiger partial charge in [-0.1, -0.05) is 12.1 Å². The van der Waals surface area contributed by atoms with E-state index in [9.17, 15) is 13.2 Å². The summed E-state index contributed by atoms with van der Waals surface area (Å²) in [5, 5.41) is 0. The molecule has 2 fully saturated rings. The molecule has 1 aromatic heterocycles. The molecule has 2 atom stereocenters. The second kappa shape index (κ2) is 8.73. The minimum Gasteiger partial charge on any atom is -0.489 e. The van der Waals surface area contributed by atoms with Gasteiger partial charge in [-0.3, -0.25) is 9.78 Å². The van der Waals surface area contributed by atoms with Gasteiger partial charge in [0.2, 0.25) is 15.9 Å². The third kappa shape index (κ3) is 4.65. The van der Waals surface area contributed by atoms with Crippen molar-refractivity contribution in [3.05, 3.63) is 54.4 Å². The molecule has 1 N–H and O–H groups in total. The fourth-order valence-corrected chi connectivity index (χ4v) is 5.66. The van der Waals surface area contributed by atoms with E-state index in [-0.39, 0.29) is 42.0 Å². The molecule has 8 heteroatoms. The maximum absolute atomic E-state index is 12.8. The van der Waals surface area contributed by atoms with Gasteiger partial charge in [0.25, 0.3) is 0 Å². The van der Waals surface area contributed by atoms with Gasteiger partial charge in [0.1, 0.15) is 11.9 Å². The standard InChI is InChI=1S/C22H27N3O4S/c1-16-4-2-6-21(12-16)30(27,28)24-11-9-22(26)25-17-7-8-18(25)14-20(13-17)29-19-5-3-10-23-15-19/h2-6,10,12,15,17-18,20,24H,7-9,11,13-14H2,1H3. The van der Waals surface area contributed by atoms with Gasteiger partial charge in [0.15, 0.2) is 0 Å². The van der Waals surface area contributed by atoms with Gasteiger partial charge in [-0.25, -0.2) is 13.1 Å². The Morgan fingerprint density at radius 3 is 2.63 bits per heavy atom. The van der Waals surface area contributed by atoms with Crippen LogP contribution in [-0.4, -0.2) is 48.9 Å². The molecule has 1 amide bonds. The number of aromatic nitrogens is 1. The smallest absolute Gasteiger partial charge is 0.240 e. The van der Waals surface area contributed by atoms with Crippen LogP contribution in [-0.2, 0) is 14.8 Å². The number of nitrogens with zero attached hydrogens (tertiary/aromatic N) is 2. The van der Waals surface area contributed by atoms with Crippen molar-refractivity contribution in [3.63, 3.8) is 0 Å². The third-order valence-corrected chi connectivity index (χ3v) is 7.30. The van der Waals surface area contributed by atoms with Gasteiger partial charge in [-0.05, 0) is 49.6 Å². The summed E-state index contributed by atoms with van der Waals surface area (Å²) in [5.74, 6) is 0.765. The van der Waals surface area contributed by atoms with Gasteiger partial charge in [-0.2, -0.15) is 0 Å². The van der Waals surface area contributed by atoms with Gasteiger partial charge in [0, 0.05) is 44.1 Å². The SMILES string of the molecule is Cc1cccc(S(=O)(=O)NCCC(=O)N2C3CCC2CC(Oc2cccnc2)C3)c1. The van der Waals surface area contributed by atoms with Crippen LogP contribution in [0.25, 0.3) is 0 Å². The van der Waals surface area contributed by atoms with Crippen LogP contribution >= 0.6 is 0 Å². The van der Waals surface area contributed by atoms with Gasteiger partial charge < -0.3 is 9.64 Å². The minimum atomic E-state index is -3.61. The van der Waals surface area contributed by atoms with E-state index < -0.39 is 10.0 Å².